The number of benzene rings is 1. The Hall–Kier alpha value is -0.680. The summed E-state index contributed by atoms with van der Waals surface area (Å²) in [4.78, 5) is 4.11. The largest absolute Gasteiger partial charge is 0.235 e. The molecule has 0 saturated carbocycles. The van der Waals surface area contributed by atoms with Crippen LogP contribution in [0.3, 0.4) is 0 Å². The highest BCUT2D eigenvalue weighted by molar-refractivity contribution is 9.11. The van der Waals surface area contributed by atoms with Crippen LogP contribution in [0.4, 0.5) is 0 Å². The van der Waals surface area contributed by atoms with E-state index in [1.54, 1.807) is 4.68 Å². The maximum Gasteiger partial charge on any atom is 0.218 e. The van der Waals surface area contributed by atoms with Crippen LogP contribution in [0.1, 0.15) is 11.1 Å². The number of hydrogen-bond acceptors (Lipinski definition) is 2. The van der Waals surface area contributed by atoms with Crippen LogP contribution < -0.4 is 0 Å². The van der Waals surface area contributed by atoms with Crippen molar-refractivity contribution in [2.75, 3.05) is 0 Å². The molecule has 0 aliphatic heterocycles. The molecule has 0 N–H and O–H groups in total. The van der Waals surface area contributed by atoms with Gasteiger partial charge in [0, 0.05) is 0 Å². The summed E-state index contributed by atoms with van der Waals surface area (Å²) in [5, 5.41) is 4.20. The Labute approximate surface area is 105 Å². The Morgan fingerprint density at radius 1 is 1.20 bits per heavy atom. The van der Waals surface area contributed by atoms with E-state index in [4.69, 9.17) is 0 Å². The van der Waals surface area contributed by atoms with E-state index in [-0.39, 0.29) is 0 Å². The fraction of sp³-hybridized carbons (Fsp3) is 0.200. The molecular weight excluding hydrogens is 322 g/mol. The monoisotopic (exact) mass is 329 g/mol. The zero-order valence-electron chi connectivity index (χ0n) is 8.11. The van der Waals surface area contributed by atoms with E-state index >= 15 is 0 Å². The first-order valence-corrected chi connectivity index (χ1v) is 6.05. The van der Waals surface area contributed by atoms with Crippen LogP contribution >= 0.6 is 31.9 Å². The Kier molecular flexibility index (Phi) is 3.21. The van der Waals surface area contributed by atoms with Crippen molar-refractivity contribution >= 4 is 31.9 Å². The van der Waals surface area contributed by atoms with E-state index in [1.807, 2.05) is 0 Å². The number of aryl methyl sites for hydroxylation is 1. The highest BCUT2D eigenvalue weighted by Crippen LogP contribution is 2.13. The molecule has 1 aromatic carbocycles. The van der Waals surface area contributed by atoms with Crippen LogP contribution in [-0.4, -0.2) is 14.8 Å². The first kappa shape index (κ1) is 10.8. The molecule has 0 unspecified atom stereocenters. The van der Waals surface area contributed by atoms with Gasteiger partial charge in [0.1, 0.15) is 0 Å². The second-order valence-corrected chi connectivity index (χ2v) is 4.71. The molecule has 0 bridgehead atoms. The summed E-state index contributed by atoms with van der Waals surface area (Å²) in [7, 11) is 0. The van der Waals surface area contributed by atoms with Crippen LogP contribution in [0.15, 0.2) is 33.7 Å². The summed E-state index contributed by atoms with van der Waals surface area (Å²) in [5.74, 6) is 0. The smallest absolute Gasteiger partial charge is 0.218 e. The van der Waals surface area contributed by atoms with Crippen molar-refractivity contribution in [3.8, 4) is 0 Å². The second-order valence-electron chi connectivity index (χ2n) is 3.29. The van der Waals surface area contributed by atoms with Crippen LogP contribution in [0, 0.1) is 6.92 Å². The highest BCUT2D eigenvalue weighted by Gasteiger charge is 2.04. The van der Waals surface area contributed by atoms with Gasteiger partial charge in [0.15, 0.2) is 4.73 Å². The molecule has 2 rings (SSSR count). The molecular formula is C10H9Br2N3. The van der Waals surface area contributed by atoms with E-state index in [0.717, 1.165) is 11.3 Å². The first-order valence-electron chi connectivity index (χ1n) is 4.46. The summed E-state index contributed by atoms with van der Waals surface area (Å²) in [6.07, 6.45) is 0. The SMILES string of the molecule is Cc1ccc(Cn2nc(Br)nc2Br)cc1. The Balaban J connectivity index is 2.21. The molecule has 2 aromatic rings. The first-order chi connectivity index (χ1) is 7.15. The highest BCUT2D eigenvalue weighted by atomic mass is 79.9. The van der Waals surface area contributed by atoms with Crippen LogP contribution in [0.5, 0.6) is 0 Å². The molecule has 0 saturated heterocycles. The molecule has 0 fully saturated rings. The third kappa shape index (κ3) is 2.66. The topological polar surface area (TPSA) is 30.7 Å². The average molecular weight is 331 g/mol. The van der Waals surface area contributed by atoms with E-state index in [1.165, 1.54) is 11.1 Å². The molecule has 78 valence electrons. The molecule has 0 amide bonds. The standard InChI is InChI=1S/C10H9Br2N3/c1-7-2-4-8(5-3-7)6-15-10(12)13-9(11)14-15/h2-5H,6H2,1H3. The third-order valence-electron chi connectivity index (χ3n) is 2.05. The van der Waals surface area contributed by atoms with E-state index in [9.17, 15) is 0 Å². The van der Waals surface area contributed by atoms with Gasteiger partial charge in [-0.2, -0.15) is 4.98 Å². The lowest BCUT2D eigenvalue weighted by Crippen LogP contribution is -2.01. The van der Waals surface area contributed by atoms with Gasteiger partial charge in [-0.1, -0.05) is 29.8 Å². The van der Waals surface area contributed by atoms with Crippen molar-refractivity contribution in [3.63, 3.8) is 0 Å². The lowest BCUT2D eigenvalue weighted by molar-refractivity contribution is 0.664. The predicted molar refractivity (Wildman–Crippen MR) is 65.7 cm³/mol. The summed E-state index contributed by atoms with van der Waals surface area (Å²) in [5.41, 5.74) is 2.47. The van der Waals surface area contributed by atoms with Gasteiger partial charge in [-0.3, -0.25) is 0 Å². The average Bonchev–Trinajstić information content (AvgIpc) is 2.49. The van der Waals surface area contributed by atoms with Crippen LogP contribution in [-0.2, 0) is 6.54 Å². The Morgan fingerprint density at radius 2 is 1.87 bits per heavy atom. The maximum atomic E-state index is 4.20. The van der Waals surface area contributed by atoms with Gasteiger partial charge in [-0.05, 0) is 44.3 Å². The molecule has 1 heterocycles. The molecule has 0 radical (unpaired) electrons. The number of nitrogens with zero attached hydrogens (tertiary/aromatic N) is 3. The number of hydrogen-bond donors (Lipinski definition) is 0. The van der Waals surface area contributed by atoms with Gasteiger partial charge >= 0.3 is 0 Å². The number of halogens is 2. The van der Waals surface area contributed by atoms with E-state index in [2.05, 4.69) is 73.1 Å². The van der Waals surface area contributed by atoms with Crippen molar-refractivity contribution < 1.29 is 0 Å². The summed E-state index contributed by atoms with van der Waals surface area (Å²) >= 11 is 6.58. The lowest BCUT2D eigenvalue weighted by Gasteiger charge is -2.02. The van der Waals surface area contributed by atoms with Crippen molar-refractivity contribution in [1.29, 1.82) is 0 Å². The van der Waals surface area contributed by atoms with Crippen LogP contribution in [0.25, 0.3) is 0 Å². The Morgan fingerprint density at radius 3 is 2.40 bits per heavy atom. The molecule has 0 spiro atoms. The van der Waals surface area contributed by atoms with Crippen molar-refractivity contribution in [1.82, 2.24) is 14.8 Å². The fourth-order valence-electron chi connectivity index (χ4n) is 1.26. The molecule has 0 aliphatic rings. The van der Waals surface area contributed by atoms with Crippen molar-refractivity contribution in [3.05, 3.63) is 44.9 Å². The third-order valence-corrected chi connectivity index (χ3v) is 2.98. The minimum absolute atomic E-state index is 0.599. The van der Waals surface area contributed by atoms with Gasteiger partial charge in [-0.15, -0.1) is 5.10 Å². The van der Waals surface area contributed by atoms with Gasteiger partial charge in [0.2, 0.25) is 4.73 Å². The minimum atomic E-state index is 0.599. The fourth-order valence-corrected chi connectivity index (χ4v) is 2.23. The zero-order chi connectivity index (χ0) is 10.8. The molecule has 3 nitrogen and oxygen atoms in total. The molecule has 15 heavy (non-hydrogen) atoms. The summed E-state index contributed by atoms with van der Waals surface area (Å²) in [6.45, 7) is 2.80. The maximum absolute atomic E-state index is 4.20. The van der Waals surface area contributed by atoms with Crippen molar-refractivity contribution in [2.24, 2.45) is 0 Å². The minimum Gasteiger partial charge on any atom is -0.235 e. The van der Waals surface area contributed by atoms with E-state index < -0.39 is 0 Å². The predicted octanol–water partition coefficient (Wildman–Crippen LogP) is 3.16. The zero-order valence-corrected chi connectivity index (χ0v) is 11.3. The molecule has 0 atom stereocenters. The summed E-state index contributed by atoms with van der Waals surface area (Å²) < 4.78 is 3.13. The van der Waals surface area contributed by atoms with Gasteiger partial charge in [-0.25, -0.2) is 4.68 Å². The van der Waals surface area contributed by atoms with Gasteiger partial charge in [0.25, 0.3) is 0 Å². The summed E-state index contributed by atoms with van der Waals surface area (Å²) in [6, 6.07) is 8.37. The second kappa shape index (κ2) is 4.45. The molecule has 0 aliphatic carbocycles. The van der Waals surface area contributed by atoms with E-state index in [0.29, 0.717) is 4.73 Å². The lowest BCUT2D eigenvalue weighted by atomic mass is 10.1. The molecule has 5 heteroatoms. The van der Waals surface area contributed by atoms with Crippen molar-refractivity contribution in [2.45, 2.75) is 13.5 Å². The number of rotatable bonds is 2. The Bertz CT molecular complexity index is 462. The number of aromatic nitrogens is 3. The van der Waals surface area contributed by atoms with Gasteiger partial charge in [0.05, 0.1) is 6.54 Å². The van der Waals surface area contributed by atoms with Crippen LogP contribution in [0.2, 0.25) is 0 Å². The van der Waals surface area contributed by atoms with Gasteiger partial charge < -0.3 is 0 Å². The quantitative estimate of drug-likeness (QED) is 0.846. The normalized spacial score (nSPS) is 10.6. The molecule has 1 aromatic heterocycles.